The summed E-state index contributed by atoms with van der Waals surface area (Å²) in [5, 5.41) is 7.01. The first kappa shape index (κ1) is 19.0. The van der Waals surface area contributed by atoms with Gasteiger partial charge in [-0.25, -0.2) is 18.1 Å². The van der Waals surface area contributed by atoms with E-state index >= 15 is 0 Å². The number of pyridine rings is 1. The molecule has 0 amide bonds. The summed E-state index contributed by atoms with van der Waals surface area (Å²) >= 11 is 0. The Morgan fingerprint density at radius 3 is 2.52 bits per heavy atom. The van der Waals surface area contributed by atoms with Crippen LogP contribution in [-0.4, -0.2) is 30.2 Å². The molecule has 9 heteroatoms. The van der Waals surface area contributed by atoms with Crippen LogP contribution >= 0.6 is 12.4 Å². The fourth-order valence-corrected chi connectivity index (χ4v) is 3.71. The maximum atomic E-state index is 14.1. The van der Waals surface area contributed by atoms with Crippen molar-refractivity contribution in [3.05, 3.63) is 66.4 Å². The third-order valence-corrected chi connectivity index (χ3v) is 5.12. The summed E-state index contributed by atoms with van der Waals surface area (Å²) in [5.41, 5.74) is 0.463. The lowest BCUT2D eigenvalue weighted by Gasteiger charge is -2.08. The molecule has 1 aromatic carbocycles. The molecule has 3 rings (SSSR count). The van der Waals surface area contributed by atoms with Gasteiger partial charge in [-0.1, -0.05) is 18.2 Å². The number of benzene rings is 1. The zero-order chi connectivity index (χ0) is 17.2. The molecule has 2 heterocycles. The average molecular weight is 383 g/mol. The predicted molar refractivity (Wildman–Crippen MR) is 93.2 cm³/mol. The molecule has 0 unspecified atom stereocenters. The minimum atomic E-state index is -3.85. The van der Waals surface area contributed by atoms with Crippen molar-refractivity contribution in [2.24, 2.45) is 0 Å². The third-order valence-electron chi connectivity index (χ3n) is 3.38. The molecule has 2 aromatic heterocycles. The molecule has 132 valence electrons. The van der Waals surface area contributed by atoms with Crippen LogP contribution in [0.1, 0.15) is 5.69 Å². The van der Waals surface area contributed by atoms with Gasteiger partial charge in [0.15, 0.2) is 5.03 Å². The van der Waals surface area contributed by atoms with Crippen LogP contribution in [-0.2, 0) is 16.4 Å². The number of hydrogen-bond donors (Lipinski definition) is 1. The molecule has 0 spiro atoms. The Bertz CT molecular complexity index is 961. The van der Waals surface area contributed by atoms with Crippen LogP contribution in [0.2, 0.25) is 0 Å². The molecule has 0 saturated heterocycles. The van der Waals surface area contributed by atoms with Crippen molar-refractivity contribution in [2.75, 3.05) is 7.05 Å². The van der Waals surface area contributed by atoms with Gasteiger partial charge in [-0.15, -0.1) is 12.4 Å². The van der Waals surface area contributed by atoms with Crippen LogP contribution in [0.15, 0.2) is 64.6 Å². The van der Waals surface area contributed by atoms with Gasteiger partial charge in [-0.3, -0.25) is 0 Å². The van der Waals surface area contributed by atoms with Crippen LogP contribution in [0, 0.1) is 5.95 Å². The Morgan fingerprint density at radius 2 is 1.88 bits per heavy atom. The van der Waals surface area contributed by atoms with Crippen molar-refractivity contribution < 1.29 is 12.8 Å². The second-order valence-electron chi connectivity index (χ2n) is 5.05. The van der Waals surface area contributed by atoms with E-state index in [0.29, 0.717) is 12.2 Å². The molecule has 0 aliphatic heterocycles. The normalized spacial score (nSPS) is 11.1. The van der Waals surface area contributed by atoms with Crippen molar-refractivity contribution in [2.45, 2.75) is 16.5 Å². The minimum absolute atomic E-state index is 0. The zero-order valence-corrected chi connectivity index (χ0v) is 14.9. The number of nitrogens with zero attached hydrogens (tertiary/aromatic N) is 3. The molecule has 0 fully saturated rings. The molecular weight excluding hydrogens is 367 g/mol. The first-order chi connectivity index (χ1) is 11.5. The standard InChI is InChI=1S/C16H15FN4O2S.ClH/c1-18-11-12-10-15(24(22,23)13-6-3-2-4-7-13)21(20-12)14-8-5-9-19-16(14)17;/h2-10,18H,11H2,1H3;1H. The van der Waals surface area contributed by atoms with Crippen molar-refractivity contribution in [3.8, 4) is 5.69 Å². The van der Waals surface area contributed by atoms with Gasteiger partial charge in [0.05, 0.1) is 10.6 Å². The van der Waals surface area contributed by atoms with Crippen LogP contribution < -0.4 is 5.32 Å². The molecule has 25 heavy (non-hydrogen) atoms. The van der Waals surface area contributed by atoms with Crippen molar-refractivity contribution in [1.82, 2.24) is 20.1 Å². The average Bonchev–Trinajstić information content (AvgIpc) is 3.01. The zero-order valence-electron chi connectivity index (χ0n) is 13.3. The van der Waals surface area contributed by atoms with E-state index < -0.39 is 15.8 Å². The van der Waals surface area contributed by atoms with E-state index in [-0.39, 0.29) is 28.0 Å². The molecule has 0 bridgehead atoms. The highest BCUT2D eigenvalue weighted by atomic mass is 35.5. The summed E-state index contributed by atoms with van der Waals surface area (Å²) < 4.78 is 41.0. The van der Waals surface area contributed by atoms with Gasteiger partial charge in [-0.2, -0.15) is 9.49 Å². The maximum Gasteiger partial charge on any atom is 0.238 e. The molecule has 3 aromatic rings. The number of halogens is 2. The van der Waals surface area contributed by atoms with E-state index in [4.69, 9.17) is 0 Å². The second-order valence-corrected chi connectivity index (χ2v) is 6.94. The first-order valence-electron chi connectivity index (χ1n) is 7.18. The molecular formula is C16H16ClFN4O2S. The quantitative estimate of drug-likeness (QED) is 0.685. The fraction of sp³-hybridized carbons (Fsp3) is 0.125. The fourth-order valence-electron chi connectivity index (χ4n) is 2.30. The van der Waals surface area contributed by atoms with E-state index in [9.17, 15) is 12.8 Å². The number of sulfone groups is 1. The van der Waals surface area contributed by atoms with Gasteiger partial charge in [0.1, 0.15) is 5.69 Å². The summed E-state index contributed by atoms with van der Waals surface area (Å²) in [4.78, 5) is 3.69. The Labute approximate surface area is 151 Å². The molecule has 0 aliphatic carbocycles. The molecule has 0 radical (unpaired) electrons. The summed E-state index contributed by atoms with van der Waals surface area (Å²) in [7, 11) is -2.14. The lowest BCUT2D eigenvalue weighted by molar-refractivity contribution is 0.554. The highest BCUT2D eigenvalue weighted by Gasteiger charge is 2.26. The highest BCUT2D eigenvalue weighted by molar-refractivity contribution is 7.91. The van der Waals surface area contributed by atoms with Crippen molar-refractivity contribution >= 4 is 22.2 Å². The third kappa shape index (κ3) is 3.71. The van der Waals surface area contributed by atoms with E-state index in [1.165, 1.54) is 36.5 Å². The SMILES string of the molecule is CNCc1cc(S(=O)(=O)c2ccccc2)n(-c2cccnc2F)n1.Cl. The van der Waals surface area contributed by atoms with Gasteiger partial charge in [-0.05, 0) is 31.3 Å². The van der Waals surface area contributed by atoms with Crippen LogP contribution in [0.25, 0.3) is 5.69 Å². The maximum absolute atomic E-state index is 14.1. The smallest absolute Gasteiger partial charge is 0.238 e. The molecule has 1 N–H and O–H groups in total. The Balaban J connectivity index is 0.00000225. The number of rotatable bonds is 5. The van der Waals surface area contributed by atoms with E-state index in [1.54, 1.807) is 25.2 Å². The Morgan fingerprint density at radius 1 is 1.16 bits per heavy atom. The van der Waals surface area contributed by atoms with E-state index in [2.05, 4.69) is 15.4 Å². The lowest BCUT2D eigenvalue weighted by Crippen LogP contribution is -2.12. The van der Waals surface area contributed by atoms with Crippen LogP contribution in [0.4, 0.5) is 4.39 Å². The van der Waals surface area contributed by atoms with Gasteiger partial charge in [0, 0.05) is 18.8 Å². The van der Waals surface area contributed by atoms with E-state index in [1.807, 2.05) is 0 Å². The van der Waals surface area contributed by atoms with Gasteiger partial charge < -0.3 is 5.32 Å². The Kier molecular flexibility index (Phi) is 5.89. The molecule has 6 nitrogen and oxygen atoms in total. The predicted octanol–water partition coefficient (Wildman–Crippen LogP) is 2.38. The molecule has 0 saturated carbocycles. The number of aromatic nitrogens is 3. The molecule has 0 atom stereocenters. The van der Waals surface area contributed by atoms with Gasteiger partial charge in [0.25, 0.3) is 0 Å². The van der Waals surface area contributed by atoms with Crippen LogP contribution in [0.5, 0.6) is 0 Å². The minimum Gasteiger partial charge on any atom is -0.314 e. The molecule has 0 aliphatic rings. The highest BCUT2D eigenvalue weighted by Crippen LogP contribution is 2.25. The summed E-state index contributed by atoms with van der Waals surface area (Å²) in [6.07, 6.45) is 1.29. The summed E-state index contributed by atoms with van der Waals surface area (Å²) in [6, 6.07) is 12.4. The van der Waals surface area contributed by atoms with Gasteiger partial charge >= 0.3 is 0 Å². The van der Waals surface area contributed by atoms with Crippen LogP contribution in [0.3, 0.4) is 0 Å². The van der Waals surface area contributed by atoms with Gasteiger partial charge in [0.2, 0.25) is 15.8 Å². The van der Waals surface area contributed by atoms with Crippen molar-refractivity contribution in [3.63, 3.8) is 0 Å². The number of nitrogens with one attached hydrogen (secondary N) is 1. The Hall–Kier alpha value is -2.29. The monoisotopic (exact) mass is 382 g/mol. The van der Waals surface area contributed by atoms with E-state index in [0.717, 1.165) is 4.68 Å². The number of hydrogen-bond acceptors (Lipinski definition) is 5. The topological polar surface area (TPSA) is 76.9 Å². The second kappa shape index (κ2) is 7.73. The first-order valence-corrected chi connectivity index (χ1v) is 8.67. The van der Waals surface area contributed by atoms with Crippen molar-refractivity contribution in [1.29, 1.82) is 0 Å². The lowest BCUT2D eigenvalue weighted by atomic mass is 10.4. The summed E-state index contributed by atoms with van der Waals surface area (Å²) in [5.74, 6) is -0.791. The summed E-state index contributed by atoms with van der Waals surface area (Å²) in [6.45, 7) is 0.353. The largest absolute Gasteiger partial charge is 0.314 e.